The number of hydrogen-bond donors (Lipinski definition) is 1. The molecular formula is C17H16ClN3O2S. The van der Waals surface area contributed by atoms with Crippen LogP contribution in [-0.4, -0.2) is 44.5 Å². The first kappa shape index (κ1) is 15.6. The van der Waals surface area contributed by atoms with Crippen LogP contribution in [0.4, 0.5) is 0 Å². The topological polar surface area (TPSA) is 57.8 Å². The number of aliphatic hydroxyl groups excluding tert-OH is 1. The third-order valence-corrected chi connectivity index (χ3v) is 5.47. The maximum absolute atomic E-state index is 12.8. The van der Waals surface area contributed by atoms with E-state index >= 15 is 0 Å². The Kier molecular flexibility index (Phi) is 4.04. The number of carbonyl (C=O) groups excluding carboxylic acids is 1. The maximum Gasteiger partial charge on any atom is 0.272 e. The van der Waals surface area contributed by atoms with Crippen LogP contribution in [0.15, 0.2) is 35.8 Å². The van der Waals surface area contributed by atoms with Crippen LogP contribution in [0.2, 0.25) is 5.02 Å². The van der Waals surface area contributed by atoms with Crippen molar-refractivity contribution in [2.24, 2.45) is 0 Å². The number of aliphatic hydroxyl groups is 1. The molecule has 0 radical (unpaired) electrons. The molecule has 124 valence electrons. The van der Waals surface area contributed by atoms with Crippen molar-refractivity contribution in [3.63, 3.8) is 0 Å². The Hall–Kier alpha value is -1.89. The summed E-state index contributed by atoms with van der Waals surface area (Å²) in [6.45, 7) is 0.702. The second kappa shape index (κ2) is 6.20. The lowest BCUT2D eigenvalue weighted by atomic mass is 10.2. The first-order valence-corrected chi connectivity index (χ1v) is 9.07. The summed E-state index contributed by atoms with van der Waals surface area (Å²) in [4.78, 5) is 20.0. The van der Waals surface area contributed by atoms with Gasteiger partial charge >= 0.3 is 0 Å². The van der Waals surface area contributed by atoms with Crippen molar-refractivity contribution in [2.45, 2.75) is 18.9 Å². The minimum Gasteiger partial charge on any atom is -0.394 e. The summed E-state index contributed by atoms with van der Waals surface area (Å²) in [6, 6.07) is 7.43. The highest BCUT2D eigenvalue weighted by atomic mass is 35.5. The van der Waals surface area contributed by atoms with Crippen molar-refractivity contribution in [1.29, 1.82) is 0 Å². The Morgan fingerprint density at radius 2 is 2.33 bits per heavy atom. The summed E-state index contributed by atoms with van der Waals surface area (Å²) in [6.07, 6.45) is 3.66. The fourth-order valence-electron chi connectivity index (χ4n) is 3.16. The van der Waals surface area contributed by atoms with Crippen LogP contribution in [0.25, 0.3) is 16.2 Å². The lowest BCUT2D eigenvalue weighted by Gasteiger charge is -2.22. The van der Waals surface area contributed by atoms with Crippen LogP contribution >= 0.6 is 22.9 Å². The highest BCUT2D eigenvalue weighted by molar-refractivity contribution is 7.15. The van der Waals surface area contributed by atoms with Crippen molar-refractivity contribution < 1.29 is 9.90 Å². The third-order valence-electron chi connectivity index (χ3n) is 4.40. The minimum atomic E-state index is -0.0802. The van der Waals surface area contributed by atoms with E-state index in [0.29, 0.717) is 17.3 Å². The van der Waals surface area contributed by atoms with Crippen LogP contribution in [0.5, 0.6) is 0 Å². The number of rotatable bonds is 3. The van der Waals surface area contributed by atoms with Crippen molar-refractivity contribution in [3.05, 3.63) is 46.6 Å². The average molecular weight is 362 g/mol. The van der Waals surface area contributed by atoms with Gasteiger partial charge in [0, 0.05) is 28.7 Å². The third kappa shape index (κ3) is 2.60. The van der Waals surface area contributed by atoms with Gasteiger partial charge in [0.25, 0.3) is 5.91 Å². The van der Waals surface area contributed by atoms with Gasteiger partial charge in [0.1, 0.15) is 5.69 Å². The van der Waals surface area contributed by atoms with E-state index in [2.05, 4.69) is 4.98 Å². The number of amides is 1. The molecule has 7 heteroatoms. The molecule has 4 rings (SSSR count). The number of likely N-dealkylation sites (tertiary alicyclic amines) is 1. The molecule has 3 aromatic rings. The summed E-state index contributed by atoms with van der Waals surface area (Å²) in [5, 5.41) is 11.9. The molecule has 1 N–H and O–H groups in total. The Bertz CT molecular complexity index is 904. The molecule has 1 saturated heterocycles. The molecule has 0 unspecified atom stereocenters. The Labute approximate surface area is 148 Å². The monoisotopic (exact) mass is 361 g/mol. The first-order valence-electron chi connectivity index (χ1n) is 7.82. The van der Waals surface area contributed by atoms with Gasteiger partial charge in [-0.2, -0.15) is 0 Å². The number of nitrogens with zero attached hydrogens (tertiary/aromatic N) is 3. The predicted molar refractivity (Wildman–Crippen MR) is 94.7 cm³/mol. The first-order chi connectivity index (χ1) is 11.7. The Morgan fingerprint density at radius 1 is 1.46 bits per heavy atom. The van der Waals surface area contributed by atoms with E-state index in [1.165, 1.54) is 11.3 Å². The van der Waals surface area contributed by atoms with Gasteiger partial charge in [-0.05, 0) is 25.0 Å². The zero-order valence-electron chi connectivity index (χ0n) is 12.9. The molecule has 0 saturated carbocycles. The summed E-state index contributed by atoms with van der Waals surface area (Å²) < 4.78 is 1.83. The van der Waals surface area contributed by atoms with E-state index in [-0.39, 0.29) is 18.6 Å². The van der Waals surface area contributed by atoms with Gasteiger partial charge < -0.3 is 10.0 Å². The highest BCUT2D eigenvalue weighted by Crippen LogP contribution is 2.27. The number of aromatic nitrogens is 2. The number of fused-ring (bicyclic) bond motifs is 1. The van der Waals surface area contributed by atoms with Crippen LogP contribution < -0.4 is 0 Å². The second-order valence-corrected chi connectivity index (χ2v) is 7.16. The zero-order valence-corrected chi connectivity index (χ0v) is 14.4. The molecule has 0 spiro atoms. The molecule has 3 heterocycles. The summed E-state index contributed by atoms with van der Waals surface area (Å²) in [7, 11) is 0. The molecule has 2 aromatic heterocycles. The standard InChI is InChI=1S/C17H16ClN3O2S/c18-12-4-1-3-11(7-12)14-8-21-15(10-24-17(21)19-14)16(23)20-6-2-5-13(20)9-22/h1,3-4,7-8,10,13,22H,2,5-6,9H2/t13-/m0/s1. The van der Waals surface area contributed by atoms with Gasteiger partial charge in [0.2, 0.25) is 0 Å². The zero-order chi connectivity index (χ0) is 16.7. The van der Waals surface area contributed by atoms with Crippen molar-refractivity contribution in [2.75, 3.05) is 13.2 Å². The Balaban J connectivity index is 1.71. The normalized spacial score (nSPS) is 17.8. The van der Waals surface area contributed by atoms with Crippen LogP contribution in [-0.2, 0) is 0 Å². The largest absolute Gasteiger partial charge is 0.394 e. The summed E-state index contributed by atoms with van der Waals surface area (Å²) in [5.41, 5.74) is 2.31. The molecular weight excluding hydrogens is 346 g/mol. The molecule has 1 aromatic carbocycles. The highest BCUT2D eigenvalue weighted by Gasteiger charge is 2.30. The van der Waals surface area contributed by atoms with Gasteiger partial charge in [0.15, 0.2) is 4.96 Å². The molecule has 5 nitrogen and oxygen atoms in total. The summed E-state index contributed by atoms with van der Waals surface area (Å²) in [5.74, 6) is -0.0483. The quantitative estimate of drug-likeness (QED) is 0.778. The lowest BCUT2D eigenvalue weighted by Crippen LogP contribution is -2.38. The molecule has 0 bridgehead atoms. The molecule has 1 fully saturated rings. The van der Waals surface area contributed by atoms with Gasteiger partial charge in [-0.15, -0.1) is 11.3 Å². The number of hydrogen-bond acceptors (Lipinski definition) is 4. The molecule has 1 aliphatic heterocycles. The van der Waals surface area contributed by atoms with Gasteiger partial charge in [-0.25, -0.2) is 4.98 Å². The molecule has 0 aliphatic carbocycles. The van der Waals surface area contributed by atoms with E-state index in [1.807, 2.05) is 40.2 Å². The van der Waals surface area contributed by atoms with Crippen LogP contribution in [0.3, 0.4) is 0 Å². The fraction of sp³-hybridized carbons (Fsp3) is 0.294. The van der Waals surface area contributed by atoms with E-state index in [4.69, 9.17) is 11.6 Å². The average Bonchev–Trinajstić information content (AvgIpc) is 3.28. The number of carbonyl (C=O) groups is 1. The fourth-order valence-corrected chi connectivity index (χ4v) is 4.20. The van der Waals surface area contributed by atoms with E-state index in [0.717, 1.165) is 29.1 Å². The summed E-state index contributed by atoms with van der Waals surface area (Å²) >= 11 is 7.49. The smallest absolute Gasteiger partial charge is 0.272 e. The SMILES string of the molecule is O=C(c1csc2nc(-c3cccc(Cl)c3)cn12)N1CCC[C@H]1CO. The number of thiazole rings is 1. The van der Waals surface area contributed by atoms with Crippen molar-refractivity contribution >= 4 is 33.8 Å². The minimum absolute atomic E-state index is 0.0106. The van der Waals surface area contributed by atoms with E-state index in [1.54, 1.807) is 4.90 Å². The molecule has 1 amide bonds. The Morgan fingerprint density at radius 3 is 3.12 bits per heavy atom. The van der Waals surface area contributed by atoms with Crippen molar-refractivity contribution in [3.8, 4) is 11.3 Å². The number of imidazole rings is 1. The molecule has 24 heavy (non-hydrogen) atoms. The number of benzene rings is 1. The maximum atomic E-state index is 12.8. The molecule has 1 atom stereocenters. The van der Waals surface area contributed by atoms with Crippen LogP contribution in [0.1, 0.15) is 23.3 Å². The predicted octanol–water partition coefficient (Wildman–Crippen LogP) is 3.31. The molecule has 1 aliphatic rings. The van der Waals surface area contributed by atoms with Crippen LogP contribution in [0, 0.1) is 0 Å². The van der Waals surface area contributed by atoms with Gasteiger partial charge in [-0.3, -0.25) is 9.20 Å². The number of halogens is 1. The van der Waals surface area contributed by atoms with E-state index in [9.17, 15) is 9.90 Å². The van der Waals surface area contributed by atoms with Gasteiger partial charge in [-0.1, -0.05) is 23.7 Å². The van der Waals surface area contributed by atoms with E-state index < -0.39 is 0 Å². The second-order valence-electron chi connectivity index (χ2n) is 5.89. The lowest BCUT2D eigenvalue weighted by molar-refractivity contribution is 0.0671. The van der Waals surface area contributed by atoms with Crippen molar-refractivity contribution in [1.82, 2.24) is 14.3 Å². The van der Waals surface area contributed by atoms with Gasteiger partial charge in [0.05, 0.1) is 18.3 Å².